The van der Waals surface area contributed by atoms with Gasteiger partial charge in [-0.1, -0.05) is 0 Å². The predicted molar refractivity (Wildman–Crippen MR) is 60.7 cm³/mol. The number of halogens is 3. The van der Waals surface area contributed by atoms with E-state index < -0.39 is 17.6 Å². The van der Waals surface area contributed by atoms with E-state index in [9.17, 15) is 18.0 Å². The normalized spacial score (nSPS) is 11.4. The topological polar surface area (TPSA) is 59.8 Å². The number of rotatable bonds is 2. The summed E-state index contributed by atoms with van der Waals surface area (Å²) in [6, 6.07) is 3.50. The molecule has 0 spiro atoms. The lowest BCUT2D eigenvalue weighted by atomic mass is 10.1. The number of nitrogens with one attached hydrogen (secondary N) is 1. The molecule has 0 unspecified atom stereocenters. The molecular formula is C11H9F3N4O. The lowest BCUT2D eigenvalue weighted by molar-refractivity contribution is -0.137. The first-order chi connectivity index (χ1) is 8.88. The van der Waals surface area contributed by atoms with Crippen LogP contribution in [0.5, 0.6) is 0 Å². The number of carbonyl (C=O) groups is 1. The van der Waals surface area contributed by atoms with Gasteiger partial charge in [-0.2, -0.15) is 13.2 Å². The molecule has 0 atom stereocenters. The van der Waals surface area contributed by atoms with Gasteiger partial charge in [-0.3, -0.25) is 9.36 Å². The minimum absolute atomic E-state index is 0.0802. The van der Waals surface area contributed by atoms with Gasteiger partial charge in [-0.25, -0.2) is 0 Å². The van der Waals surface area contributed by atoms with E-state index in [1.54, 1.807) is 0 Å². The Labute approximate surface area is 106 Å². The fourth-order valence-corrected chi connectivity index (χ4v) is 1.59. The SMILES string of the molecule is CC(=O)Nc1ccc(-n2cnnc2)c(C(F)(F)F)c1. The predicted octanol–water partition coefficient (Wildman–Crippen LogP) is 2.24. The molecular weight excluding hydrogens is 261 g/mol. The number of nitrogens with zero attached hydrogens (tertiary/aromatic N) is 3. The number of amides is 1. The molecule has 0 saturated carbocycles. The first kappa shape index (κ1) is 13.1. The molecule has 0 fully saturated rings. The number of hydrogen-bond acceptors (Lipinski definition) is 3. The third-order valence-electron chi connectivity index (χ3n) is 2.32. The Morgan fingerprint density at radius 2 is 1.89 bits per heavy atom. The molecule has 100 valence electrons. The van der Waals surface area contributed by atoms with Crippen LogP contribution in [0.15, 0.2) is 30.9 Å². The molecule has 2 aromatic rings. The Morgan fingerprint density at radius 3 is 2.42 bits per heavy atom. The lowest BCUT2D eigenvalue weighted by Crippen LogP contribution is -2.12. The van der Waals surface area contributed by atoms with Gasteiger partial charge in [0.1, 0.15) is 12.7 Å². The van der Waals surface area contributed by atoms with Crippen molar-refractivity contribution in [3.8, 4) is 5.69 Å². The van der Waals surface area contributed by atoms with Gasteiger partial charge in [0.05, 0.1) is 11.3 Å². The Kier molecular flexibility index (Phi) is 3.24. The molecule has 1 N–H and O–H groups in total. The molecule has 8 heteroatoms. The summed E-state index contributed by atoms with van der Waals surface area (Å²) in [6.45, 7) is 1.22. The number of carbonyl (C=O) groups excluding carboxylic acids is 1. The van der Waals surface area contributed by atoms with Crippen molar-refractivity contribution in [1.82, 2.24) is 14.8 Å². The van der Waals surface area contributed by atoms with Crippen molar-refractivity contribution >= 4 is 11.6 Å². The van der Waals surface area contributed by atoms with Gasteiger partial charge < -0.3 is 5.32 Å². The van der Waals surface area contributed by atoms with Gasteiger partial charge in [0.25, 0.3) is 0 Å². The van der Waals surface area contributed by atoms with E-state index in [-0.39, 0.29) is 11.4 Å². The number of alkyl halides is 3. The van der Waals surface area contributed by atoms with E-state index in [4.69, 9.17) is 0 Å². The molecule has 0 bridgehead atoms. The molecule has 0 aliphatic rings. The van der Waals surface area contributed by atoms with E-state index in [0.29, 0.717) is 0 Å². The van der Waals surface area contributed by atoms with Crippen LogP contribution >= 0.6 is 0 Å². The van der Waals surface area contributed by atoms with Crippen LogP contribution < -0.4 is 5.32 Å². The van der Waals surface area contributed by atoms with E-state index >= 15 is 0 Å². The third-order valence-corrected chi connectivity index (χ3v) is 2.32. The average Bonchev–Trinajstić information content (AvgIpc) is 2.80. The Hall–Kier alpha value is -2.38. The Balaban J connectivity index is 2.53. The van der Waals surface area contributed by atoms with Crippen molar-refractivity contribution in [3.63, 3.8) is 0 Å². The highest BCUT2D eigenvalue weighted by Gasteiger charge is 2.34. The molecule has 19 heavy (non-hydrogen) atoms. The van der Waals surface area contributed by atoms with Gasteiger partial charge in [-0.15, -0.1) is 10.2 Å². The van der Waals surface area contributed by atoms with Gasteiger partial charge >= 0.3 is 6.18 Å². The van der Waals surface area contributed by atoms with Gasteiger partial charge in [0.2, 0.25) is 5.91 Å². The number of hydrogen-bond donors (Lipinski definition) is 1. The van der Waals surface area contributed by atoms with E-state index in [1.807, 2.05) is 0 Å². The van der Waals surface area contributed by atoms with Crippen molar-refractivity contribution in [2.75, 3.05) is 5.32 Å². The maximum atomic E-state index is 13.0. The zero-order chi connectivity index (χ0) is 14.0. The van der Waals surface area contributed by atoms with Gasteiger partial charge in [0, 0.05) is 12.6 Å². The molecule has 2 rings (SSSR count). The monoisotopic (exact) mass is 270 g/mol. The summed E-state index contributed by atoms with van der Waals surface area (Å²) in [7, 11) is 0. The fourth-order valence-electron chi connectivity index (χ4n) is 1.59. The first-order valence-electron chi connectivity index (χ1n) is 5.22. The number of aromatic nitrogens is 3. The third kappa shape index (κ3) is 2.90. The first-order valence-corrected chi connectivity index (χ1v) is 5.22. The summed E-state index contributed by atoms with van der Waals surface area (Å²) in [5, 5.41) is 9.25. The van der Waals surface area contributed by atoms with Crippen molar-refractivity contribution in [1.29, 1.82) is 0 Å². The van der Waals surface area contributed by atoms with Crippen molar-refractivity contribution < 1.29 is 18.0 Å². The summed E-state index contributed by atoms with van der Waals surface area (Å²) in [6.07, 6.45) is -2.21. The van der Waals surface area contributed by atoms with Crippen LogP contribution in [-0.2, 0) is 11.0 Å². The number of benzene rings is 1. The quantitative estimate of drug-likeness (QED) is 0.910. The maximum absolute atomic E-state index is 13.0. The van der Waals surface area contributed by atoms with Gasteiger partial charge in [0.15, 0.2) is 0 Å². The van der Waals surface area contributed by atoms with Crippen LogP contribution in [0.2, 0.25) is 0 Å². The van der Waals surface area contributed by atoms with E-state index in [0.717, 1.165) is 10.6 Å². The van der Waals surface area contributed by atoms with Crippen molar-refractivity contribution in [2.45, 2.75) is 13.1 Å². The van der Waals surface area contributed by atoms with Crippen molar-refractivity contribution in [3.05, 3.63) is 36.4 Å². The molecule has 5 nitrogen and oxygen atoms in total. The second-order valence-electron chi connectivity index (χ2n) is 3.78. The smallest absolute Gasteiger partial charge is 0.326 e. The molecule has 0 aliphatic heterocycles. The van der Waals surface area contributed by atoms with Crippen LogP contribution in [0.3, 0.4) is 0 Å². The van der Waals surface area contributed by atoms with Crippen LogP contribution in [0, 0.1) is 0 Å². The van der Waals surface area contributed by atoms with Crippen LogP contribution in [0.1, 0.15) is 12.5 Å². The minimum Gasteiger partial charge on any atom is -0.326 e. The van der Waals surface area contributed by atoms with E-state index in [2.05, 4.69) is 15.5 Å². The largest absolute Gasteiger partial charge is 0.418 e. The lowest BCUT2D eigenvalue weighted by Gasteiger charge is -2.14. The fraction of sp³-hybridized carbons (Fsp3) is 0.182. The molecule has 1 heterocycles. The molecule has 0 aliphatic carbocycles. The summed E-state index contributed by atoms with van der Waals surface area (Å²) in [5.41, 5.74) is -0.901. The molecule has 0 radical (unpaired) electrons. The van der Waals surface area contributed by atoms with E-state index in [1.165, 1.54) is 31.7 Å². The van der Waals surface area contributed by atoms with Gasteiger partial charge in [-0.05, 0) is 18.2 Å². The van der Waals surface area contributed by atoms with Crippen LogP contribution in [0.4, 0.5) is 18.9 Å². The molecule has 1 aromatic carbocycles. The maximum Gasteiger partial charge on any atom is 0.418 e. The zero-order valence-corrected chi connectivity index (χ0v) is 9.77. The van der Waals surface area contributed by atoms with Crippen LogP contribution in [-0.4, -0.2) is 20.7 Å². The average molecular weight is 270 g/mol. The highest BCUT2D eigenvalue weighted by atomic mass is 19.4. The standard InChI is InChI=1S/C11H9F3N4O/c1-7(19)17-8-2-3-10(18-5-15-16-6-18)9(4-8)11(12,13)14/h2-6H,1H3,(H,17,19). The van der Waals surface area contributed by atoms with Crippen molar-refractivity contribution in [2.24, 2.45) is 0 Å². The number of anilines is 1. The second kappa shape index (κ2) is 4.71. The highest BCUT2D eigenvalue weighted by Crippen LogP contribution is 2.35. The summed E-state index contributed by atoms with van der Waals surface area (Å²) >= 11 is 0. The Morgan fingerprint density at radius 1 is 1.26 bits per heavy atom. The second-order valence-corrected chi connectivity index (χ2v) is 3.78. The highest BCUT2D eigenvalue weighted by molar-refractivity contribution is 5.88. The summed E-state index contributed by atoms with van der Waals surface area (Å²) in [4.78, 5) is 10.9. The van der Waals surface area contributed by atoms with Crippen LogP contribution in [0.25, 0.3) is 5.69 Å². The molecule has 1 aromatic heterocycles. The zero-order valence-electron chi connectivity index (χ0n) is 9.77. The summed E-state index contributed by atoms with van der Waals surface area (Å²) in [5.74, 6) is -0.440. The summed E-state index contributed by atoms with van der Waals surface area (Å²) < 4.78 is 40.1. The minimum atomic E-state index is -4.55. The molecule has 1 amide bonds. The molecule has 0 saturated heterocycles. The Bertz CT molecular complexity index is 592.